The molecule has 0 radical (unpaired) electrons. The van der Waals surface area contributed by atoms with Crippen LogP contribution >= 0.6 is 0 Å². The van der Waals surface area contributed by atoms with E-state index < -0.39 is 10.0 Å². The quantitative estimate of drug-likeness (QED) is 0.799. The van der Waals surface area contributed by atoms with E-state index in [1.54, 1.807) is 12.1 Å². The van der Waals surface area contributed by atoms with Crippen molar-refractivity contribution < 1.29 is 13.2 Å². The lowest BCUT2D eigenvalue weighted by Crippen LogP contribution is -2.23. The van der Waals surface area contributed by atoms with E-state index in [9.17, 15) is 8.42 Å². The number of hydrogen-bond donors (Lipinski definition) is 1. The second-order valence-electron chi connectivity index (χ2n) is 3.39. The van der Waals surface area contributed by atoms with Crippen molar-refractivity contribution in [1.29, 1.82) is 0 Å². The average molecular weight is 244 g/mol. The van der Waals surface area contributed by atoms with Crippen LogP contribution in [0.25, 0.3) is 0 Å². The van der Waals surface area contributed by atoms with Crippen LogP contribution < -0.4 is 10.5 Å². The largest absolute Gasteiger partial charge is 0.492 e. The van der Waals surface area contributed by atoms with Crippen LogP contribution in [0.2, 0.25) is 0 Å². The molecule has 0 heterocycles. The SMILES string of the molecule is CCOc1cccc(S(=O)(=O)N(C)C)c1N. The number of nitrogen functional groups attached to an aromatic ring is 1. The van der Waals surface area contributed by atoms with Gasteiger partial charge in [0.05, 0.1) is 12.3 Å². The summed E-state index contributed by atoms with van der Waals surface area (Å²) in [7, 11) is -0.599. The van der Waals surface area contributed by atoms with E-state index in [0.717, 1.165) is 4.31 Å². The highest BCUT2D eigenvalue weighted by molar-refractivity contribution is 7.89. The molecule has 5 nitrogen and oxygen atoms in total. The van der Waals surface area contributed by atoms with Gasteiger partial charge in [-0.25, -0.2) is 12.7 Å². The first-order valence-corrected chi connectivity index (χ1v) is 6.29. The third-order valence-electron chi connectivity index (χ3n) is 2.08. The average Bonchev–Trinajstić information content (AvgIpc) is 2.21. The molecule has 90 valence electrons. The summed E-state index contributed by atoms with van der Waals surface area (Å²) < 4.78 is 30.2. The van der Waals surface area contributed by atoms with Crippen LogP contribution in [0.4, 0.5) is 5.69 Å². The van der Waals surface area contributed by atoms with Crippen LogP contribution in [-0.4, -0.2) is 33.4 Å². The Balaban J connectivity index is 3.31. The number of para-hydroxylation sites is 1. The number of benzene rings is 1. The maximum Gasteiger partial charge on any atom is 0.244 e. The van der Waals surface area contributed by atoms with Gasteiger partial charge in [0, 0.05) is 14.1 Å². The highest BCUT2D eigenvalue weighted by atomic mass is 32.2. The van der Waals surface area contributed by atoms with E-state index in [4.69, 9.17) is 10.5 Å². The van der Waals surface area contributed by atoms with E-state index in [2.05, 4.69) is 0 Å². The minimum Gasteiger partial charge on any atom is -0.492 e. The van der Waals surface area contributed by atoms with Crippen LogP contribution in [0.1, 0.15) is 6.92 Å². The highest BCUT2D eigenvalue weighted by Gasteiger charge is 2.21. The van der Waals surface area contributed by atoms with Crippen molar-refractivity contribution in [3.8, 4) is 5.75 Å². The monoisotopic (exact) mass is 244 g/mol. The lowest BCUT2D eigenvalue weighted by atomic mass is 10.3. The summed E-state index contributed by atoms with van der Waals surface area (Å²) >= 11 is 0. The van der Waals surface area contributed by atoms with Gasteiger partial charge in [-0.3, -0.25) is 0 Å². The molecule has 0 spiro atoms. The van der Waals surface area contributed by atoms with Gasteiger partial charge in [-0.05, 0) is 19.1 Å². The molecule has 2 N–H and O–H groups in total. The van der Waals surface area contributed by atoms with Crippen LogP contribution in [-0.2, 0) is 10.0 Å². The molecule has 0 saturated heterocycles. The molecule has 16 heavy (non-hydrogen) atoms. The summed E-state index contributed by atoms with van der Waals surface area (Å²) in [5, 5.41) is 0. The molecule has 1 rings (SSSR count). The molecule has 1 aromatic carbocycles. The number of nitrogens with two attached hydrogens (primary N) is 1. The van der Waals surface area contributed by atoms with Gasteiger partial charge in [-0.15, -0.1) is 0 Å². The minimum absolute atomic E-state index is 0.0726. The predicted molar refractivity (Wildman–Crippen MR) is 62.9 cm³/mol. The van der Waals surface area contributed by atoms with E-state index in [-0.39, 0.29) is 10.6 Å². The van der Waals surface area contributed by atoms with Gasteiger partial charge in [-0.2, -0.15) is 0 Å². The third-order valence-corrected chi connectivity index (χ3v) is 3.96. The molecular formula is C10H16N2O3S. The smallest absolute Gasteiger partial charge is 0.244 e. The lowest BCUT2D eigenvalue weighted by molar-refractivity contribution is 0.341. The van der Waals surface area contributed by atoms with Crippen molar-refractivity contribution in [2.45, 2.75) is 11.8 Å². The van der Waals surface area contributed by atoms with E-state index >= 15 is 0 Å². The minimum atomic E-state index is -3.52. The van der Waals surface area contributed by atoms with Gasteiger partial charge in [0.2, 0.25) is 10.0 Å². The Morgan fingerprint density at radius 3 is 2.50 bits per heavy atom. The first kappa shape index (κ1) is 12.8. The van der Waals surface area contributed by atoms with Crippen molar-refractivity contribution >= 4 is 15.7 Å². The zero-order valence-electron chi connectivity index (χ0n) is 9.60. The number of rotatable bonds is 4. The molecule has 0 aliphatic heterocycles. The Morgan fingerprint density at radius 2 is 2.00 bits per heavy atom. The van der Waals surface area contributed by atoms with Gasteiger partial charge in [-0.1, -0.05) is 6.07 Å². The standard InChI is InChI=1S/C10H16N2O3S/c1-4-15-8-6-5-7-9(10(8)11)16(13,14)12(2)3/h5-7H,4,11H2,1-3H3. The van der Waals surface area contributed by atoms with Gasteiger partial charge in [0.25, 0.3) is 0 Å². The summed E-state index contributed by atoms with van der Waals surface area (Å²) in [6, 6.07) is 4.72. The van der Waals surface area contributed by atoms with Crippen molar-refractivity contribution in [2.24, 2.45) is 0 Å². The fourth-order valence-electron chi connectivity index (χ4n) is 1.23. The Labute approximate surface area is 95.9 Å². The van der Waals surface area contributed by atoms with Crippen LogP contribution in [0, 0.1) is 0 Å². The third kappa shape index (κ3) is 2.28. The Kier molecular flexibility index (Phi) is 3.77. The molecule has 0 unspecified atom stereocenters. The summed E-state index contributed by atoms with van der Waals surface area (Å²) in [5.74, 6) is 0.394. The zero-order valence-corrected chi connectivity index (χ0v) is 10.4. The van der Waals surface area contributed by atoms with Crippen LogP contribution in [0.5, 0.6) is 5.75 Å². The first-order chi connectivity index (χ1) is 7.41. The molecule has 0 aliphatic rings. The van der Waals surface area contributed by atoms with E-state index in [1.807, 2.05) is 6.92 Å². The fraction of sp³-hybridized carbons (Fsp3) is 0.400. The molecule has 1 aromatic rings. The molecule has 0 bridgehead atoms. The van der Waals surface area contributed by atoms with E-state index in [1.165, 1.54) is 20.2 Å². The molecular weight excluding hydrogens is 228 g/mol. The van der Waals surface area contributed by atoms with Gasteiger partial charge in [0.1, 0.15) is 10.6 Å². The summed E-state index contributed by atoms with van der Waals surface area (Å²) in [5.41, 5.74) is 5.91. The molecule has 0 aromatic heterocycles. The number of ether oxygens (including phenoxy) is 1. The van der Waals surface area contributed by atoms with Crippen molar-refractivity contribution in [1.82, 2.24) is 4.31 Å². The summed E-state index contributed by atoms with van der Waals surface area (Å²) in [4.78, 5) is 0.0726. The zero-order chi connectivity index (χ0) is 12.3. The fourth-order valence-corrected chi connectivity index (χ4v) is 2.25. The molecule has 0 fully saturated rings. The normalized spacial score (nSPS) is 11.8. The lowest BCUT2D eigenvalue weighted by Gasteiger charge is -2.15. The van der Waals surface area contributed by atoms with Crippen LogP contribution in [0.15, 0.2) is 23.1 Å². The number of anilines is 1. The molecule has 0 amide bonds. The number of nitrogens with zero attached hydrogens (tertiary/aromatic N) is 1. The molecule has 0 aliphatic carbocycles. The Morgan fingerprint density at radius 1 is 1.38 bits per heavy atom. The second-order valence-corrected chi connectivity index (χ2v) is 5.51. The van der Waals surface area contributed by atoms with Crippen molar-refractivity contribution in [2.75, 3.05) is 26.4 Å². The Bertz CT molecular complexity index is 469. The molecule has 6 heteroatoms. The second kappa shape index (κ2) is 4.71. The maximum atomic E-state index is 11.9. The van der Waals surface area contributed by atoms with Crippen LogP contribution in [0.3, 0.4) is 0 Å². The molecule has 0 atom stereocenters. The highest BCUT2D eigenvalue weighted by Crippen LogP contribution is 2.29. The molecule has 0 saturated carbocycles. The van der Waals surface area contributed by atoms with Gasteiger partial charge < -0.3 is 10.5 Å². The Hall–Kier alpha value is -1.27. The number of hydrogen-bond acceptors (Lipinski definition) is 4. The summed E-state index contributed by atoms with van der Waals surface area (Å²) in [6.45, 7) is 2.25. The van der Waals surface area contributed by atoms with E-state index in [0.29, 0.717) is 12.4 Å². The van der Waals surface area contributed by atoms with Crippen molar-refractivity contribution in [3.05, 3.63) is 18.2 Å². The summed E-state index contributed by atoms with van der Waals surface area (Å²) in [6.07, 6.45) is 0. The van der Waals surface area contributed by atoms with Crippen molar-refractivity contribution in [3.63, 3.8) is 0 Å². The maximum absolute atomic E-state index is 11.9. The predicted octanol–water partition coefficient (Wildman–Crippen LogP) is 0.918. The van der Waals surface area contributed by atoms with Gasteiger partial charge >= 0.3 is 0 Å². The van der Waals surface area contributed by atoms with Gasteiger partial charge in [0.15, 0.2) is 0 Å². The first-order valence-electron chi connectivity index (χ1n) is 4.85. The number of sulfonamides is 1. The topological polar surface area (TPSA) is 72.6 Å².